The van der Waals surface area contributed by atoms with Gasteiger partial charge in [-0.1, -0.05) is 60.6 Å². The molecule has 2 aliphatic heterocycles. The molecule has 7 heteroatoms. The Balaban J connectivity index is 2.05. The number of amidine groups is 1. The summed E-state index contributed by atoms with van der Waals surface area (Å²) in [5.41, 5.74) is 0.630. The van der Waals surface area contributed by atoms with Gasteiger partial charge in [0.1, 0.15) is 5.66 Å². The number of nitriles is 1. The number of hydrogen-bond acceptors (Lipinski definition) is 5. The Morgan fingerprint density at radius 3 is 2.36 bits per heavy atom. The lowest BCUT2D eigenvalue weighted by Crippen LogP contribution is -2.50. The minimum atomic E-state index is -0.964. The van der Waals surface area contributed by atoms with Crippen LogP contribution in [0.2, 0.25) is 0 Å². The summed E-state index contributed by atoms with van der Waals surface area (Å²) >= 11 is 0. The maximum absolute atomic E-state index is 14.3. The molecule has 1 fully saturated rings. The minimum absolute atomic E-state index is 0.0652. The van der Waals surface area contributed by atoms with Crippen LogP contribution in [-0.2, 0) is 4.79 Å². The van der Waals surface area contributed by atoms with E-state index < -0.39 is 11.6 Å². The Morgan fingerprint density at radius 2 is 1.82 bits per heavy atom. The molecular weight excluding hydrogens is 488 g/mol. The molecule has 1 amide bonds. The number of carboxylic acids is 1. The fourth-order valence-corrected chi connectivity index (χ4v) is 5.58. The second-order valence-electron chi connectivity index (χ2n) is 14.1. The Morgan fingerprint density at radius 1 is 1.18 bits per heavy atom. The van der Waals surface area contributed by atoms with Gasteiger partial charge in [0.2, 0.25) is 0 Å². The molecule has 1 saturated heterocycles. The lowest BCUT2D eigenvalue weighted by atomic mass is 9.78. The summed E-state index contributed by atoms with van der Waals surface area (Å²) in [4.78, 5) is 35.1. The van der Waals surface area contributed by atoms with E-state index in [0.717, 1.165) is 50.6 Å². The molecule has 2 aliphatic rings. The normalized spacial score (nSPS) is 23.8. The summed E-state index contributed by atoms with van der Waals surface area (Å²) < 4.78 is 0. The summed E-state index contributed by atoms with van der Waals surface area (Å²) in [7, 11) is 0. The molecular formula is C32H48N4O3. The van der Waals surface area contributed by atoms with Gasteiger partial charge in [0.25, 0.3) is 5.91 Å². The fraction of sp³-hybridized carbons (Fsp3) is 0.688. The van der Waals surface area contributed by atoms with Gasteiger partial charge in [0.15, 0.2) is 5.84 Å². The highest BCUT2D eigenvalue weighted by Crippen LogP contribution is 2.43. The van der Waals surface area contributed by atoms with E-state index in [4.69, 9.17) is 4.99 Å². The van der Waals surface area contributed by atoms with Gasteiger partial charge in [-0.15, -0.1) is 0 Å². The number of carboxylic acid groups (broad SMARTS) is 1. The third-order valence-corrected chi connectivity index (χ3v) is 8.73. The van der Waals surface area contributed by atoms with Gasteiger partial charge >= 0.3 is 5.97 Å². The molecule has 0 bridgehead atoms. The number of amides is 1. The van der Waals surface area contributed by atoms with E-state index in [1.807, 2.05) is 21.9 Å². The van der Waals surface area contributed by atoms with Crippen molar-refractivity contribution in [2.45, 2.75) is 106 Å². The van der Waals surface area contributed by atoms with E-state index in [1.54, 1.807) is 12.1 Å². The van der Waals surface area contributed by atoms with Crippen LogP contribution in [0.25, 0.3) is 0 Å². The molecule has 7 nitrogen and oxygen atoms in total. The molecule has 1 aromatic rings. The van der Waals surface area contributed by atoms with Gasteiger partial charge in [-0.2, -0.15) is 5.26 Å². The zero-order valence-electron chi connectivity index (χ0n) is 25.3. The van der Waals surface area contributed by atoms with Gasteiger partial charge in [-0.3, -0.25) is 4.79 Å². The number of likely N-dealkylation sites (tertiary alicyclic amines) is 1. The average molecular weight is 537 g/mol. The van der Waals surface area contributed by atoms with Crippen molar-refractivity contribution in [3.63, 3.8) is 0 Å². The van der Waals surface area contributed by atoms with Gasteiger partial charge in [-0.05, 0) is 79.9 Å². The first-order chi connectivity index (χ1) is 18.1. The largest absolute Gasteiger partial charge is 0.478 e. The van der Waals surface area contributed by atoms with Crippen molar-refractivity contribution < 1.29 is 14.7 Å². The van der Waals surface area contributed by atoms with Crippen LogP contribution in [0.3, 0.4) is 0 Å². The molecule has 2 heterocycles. The van der Waals surface area contributed by atoms with Crippen LogP contribution in [0.4, 0.5) is 0 Å². The van der Waals surface area contributed by atoms with Crippen LogP contribution >= 0.6 is 0 Å². The van der Waals surface area contributed by atoms with Gasteiger partial charge in [-0.25, -0.2) is 9.79 Å². The van der Waals surface area contributed by atoms with E-state index in [9.17, 15) is 20.0 Å². The summed E-state index contributed by atoms with van der Waals surface area (Å²) in [6, 6.07) is 9.12. The van der Waals surface area contributed by atoms with E-state index >= 15 is 0 Å². The van der Waals surface area contributed by atoms with E-state index in [1.165, 1.54) is 0 Å². The fourth-order valence-electron chi connectivity index (χ4n) is 5.58. The molecule has 4 atom stereocenters. The minimum Gasteiger partial charge on any atom is -0.478 e. The molecule has 39 heavy (non-hydrogen) atoms. The number of aromatic carboxylic acids is 1. The van der Waals surface area contributed by atoms with Gasteiger partial charge in [0, 0.05) is 13.1 Å². The first-order valence-corrected chi connectivity index (χ1v) is 14.5. The number of aliphatic imine (C=N–C) groups is 1. The number of carbonyl (C=O) groups is 2. The number of rotatable bonds is 8. The number of carbonyl (C=O) groups excluding carboxylic acids is 1. The maximum Gasteiger partial charge on any atom is 0.335 e. The van der Waals surface area contributed by atoms with Crippen molar-refractivity contribution in [3.05, 3.63) is 35.4 Å². The van der Waals surface area contributed by atoms with Crippen molar-refractivity contribution in [3.8, 4) is 6.07 Å². The molecule has 0 saturated carbocycles. The molecule has 214 valence electrons. The highest BCUT2D eigenvalue weighted by Gasteiger charge is 2.49. The molecule has 0 spiro atoms. The summed E-state index contributed by atoms with van der Waals surface area (Å²) in [5.74, 6) is -0.236. The quantitative estimate of drug-likeness (QED) is 0.389. The Kier molecular flexibility index (Phi) is 9.20. The topological polar surface area (TPSA) is 97.0 Å². The van der Waals surface area contributed by atoms with Crippen molar-refractivity contribution >= 4 is 17.7 Å². The lowest BCUT2D eigenvalue weighted by Gasteiger charge is -2.41. The van der Waals surface area contributed by atoms with Crippen LogP contribution in [0, 0.1) is 34.0 Å². The summed E-state index contributed by atoms with van der Waals surface area (Å²) in [5, 5.41) is 19.0. The first-order valence-electron chi connectivity index (χ1n) is 14.5. The Labute approximate surface area is 235 Å². The van der Waals surface area contributed by atoms with Crippen molar-refractivity contribution in [1.82, 2.24) is 9.80 Å². The second-order valence-corrected chi connectivity index (χ2v) is 14.1. The van der Waals surface area contributed by atoms with E-state index in [-0.39, 0.29) is 34.3 Å². The number of piperidine rings is 1. The molecule has 0 radical (unpaired) electrons. The monoisotopic (exact) mass is 536 g/mol. The predicted molar refractivity (Wildman–Crippen MR) is 155 cm³/mol. The Hall–Kier alpha value is -2.88. The second kappa shape index (κ2) is 11.7. The third kappa shape index (κ3) is 7.41. The highest BCUT2D eigenvalue weighted by molar-refractivity contribution is 6.39. The zero-order valence-corrected chi connectivity index (χ0v) is 25.3. The molecule has 1 aromatic carbocycles. The highest BCUT2D eigenvalue weighted by atomic mass is 16.4. The number of benzene rings is 1. The van der Waals surface area contributed by atoms with Crippen LogP contribution < -0.4 is 0 Å². The van der Waals surface area contributed by atoms with Crippen LogP contribution in [0.15, 0.2) is 29.3 Å². The van der Waals surface area contributed by atoms with Crippen molar-refractivity contribution in [1.29, 1.82) is 5.26 Å². The molecule has 0 aromatic heterocycles. The standard InChI is InChI=1S/C32H48N4O3/c1-22(31(5,6)7)15-18-32(8)34-27(35-19-9-10-23(20-33)21-35)28(37)36(32)26(16-17-30(2,3)4)24-11-13-25(14-12-24)29(38)39/h11-14,22-23,26H,9-10,15-19,21H2,1-8H3,(H,38,39)/t22?,23?,26-,32?/m1/s1. The van der Waals surface area contributed by atoms with Crippen LogP contribution in [0.1, 0.15) is 116 Å². The number of nitrogens with zero attached hydrogens (tertiary/aromatic N) is 4. The average Bonchev–Trinajstić information content (AvgIpc) is 3.12. The van der Waals surface area contributed by atoms with E-state index in [0.29, 0.717) is 18.3 Å². The summed E-state index contributed by atoms with van der Waals surface area (Å²) in [6.45, 7) is 18.9. The zero-order chi connectivity index (χ0) is 29.2. The van der Waals surface area contributed by atoms with Crippen molar-refractivity contribution in [2.24, 2.45) is 27.7 Å². The smallest absolute Gasteiger partial charge is 0.335 e. The van der Waals surface area contributed by atoms with Gasteiger partial charge < -0.3 is 14.9 Å². The molecule has 0 aliphatic carbocycles. The van der Waals surface area contributed by atoms with Gasteiger partial charge in [0.05, 0.1) is 23.6 Å². The molecule has 3 rings (SSSR count). The van der Waals surface area contributed by atoms with E-state index in [2.05, 4.69) is 61.5 Å². The molecule has 3 unspecified atom stereocenters. The van der Waals surface area contributed by atoms with Crippen LogP contribution in [-0.4, -0.2) is 51.4 Å². The molecule has 1 N–H and O–H groups in total. The SMILES string of the molecule is CC(CCC1(C)N=C(N2CCCC(C#N)C2)C(=O)N1[C@H](CCC(C)(C)C)c1ccc(C(=O)O)cc1)C(C)(C)C. The first kappa shape index (κ1) is 30.7. The maximum atomic E-state index is 14.3. The lowest BCUT2D eigenvalue weighted by molar-refractivity contribution is -0.132. The summed E-state index contributed by atoms with van der Waals surface area (Å²) in [6.07, 6.45) is 5.01. The number of hydrogen-bond donors (Lipinski definition) is 1. The van der Waals surface area contributed by atoms with Crippen LogP contribution in [0.5, 0.6) is 0 Å². The Bertz CT molecular complexity index is 1110. The van der Waals surface area contributed by atoms with Crippen molar-refractivity contribution in [2.75, 3.05) is 13.1 Å². The predicted octanol–water partition coefficient (Wildman–Crippen LogP) is 6.91. The third-order valence-electron chi connectivity index (χ3n) is 8.73.